The lowest BCUT2D eigenvalue weighted by Gasteiger charge is -2.28. The van der Waals surface area contributed by atoms with Crippen LogP contribution in [0.15, 0.2) is 12.4 Å². The third kappa shape index (κ3) is 2.49. The molecular weight excluding hydrogens is 232 g/mol. The van der Waals surface area contributed by atoms with E-state index in [-0.39, 0.29) is 0 Å². The van der Waals surface area contributed by atoms with Crippen LogP contribution in [0.25, 0.3) is 0 Å². The van der Waals surface area contributed by atoms with E-state index < -0.39 is 0 Å². The number of hydrogen-bond acceptors (Lipinski definition) is 5. The molecular formula is C12H18N4S. The van der Waals surface area contributed by atoms with Gasteiger partial charge < -0.3 is 9.80 Å². The molecule has 0 bridgehead atoms. The molecule has 1 aromatic rings. The first-order valence-electron chi connectivity index (χ1n) is 6.33. The molecule has 0 radical (unpaired) electrons. The first kappa shape index (κ1) is 11.1. The van der Waals surface area contributed by atoms with Gasteiger partial charge >= 0.3 is 0 Å². The Morgan fingerprint density at radius 3 is 2.12 bits per heavy atom. The molecule has 2 aliphatic rings. The van der Waals surface area contributed by atoms with Gasteiger partial charge in [-0.15, -0.1) is 0 Å². The fraction of sp³-hybridized carbons (Fsp3) is 0.667. The lowest BCUT2D eigenvalue weighted by atomic mass is 10.4. The van der Waals surface area contributed by atoms with Crippen LogP contribution in [0, 0.1) is 0 Å². The molecule has 4 nitrogen and oxygen atoms in total. The molecule has 5 heteroatoms. The maximum atomic E-state index is 4.41. The minimum atomic E-state index is 1.10. The highest BCUT2D eigenvalue weighted by atomic mass is 32.2. The highest BCUT2D eigenvalue weighted by molar-refractivity contribution is 7.99. The highest BCUT2D eigenvalue weighted by Gasteiger charge is 2.17. The third-order valence-corrected chi connectivity index (χ3v) is 4.35. The lowest BCUT2D eigenvalue weighted by Crippen LogP contribution is -2.33. The molecule has 2 aliphatic heterocycles. The Kier molecular flexibility index (Phi) is 3.36. The smallest absolute Gasteiger partial charge is 0.134 e. The standard InChI is InChI=1S/C12H18N4S/c1-2-4-15(3-1)11-9-12(14-10-13-11)16-5-7-17-8-6-16/h9-10H,1-8H2. The van der Waals surface area contributed by atoms with Gasteiger partial charge in [0.15, 0.2) is 0 Å². The van der Waals surface area contributed by atoms with E-state index in [1.807, 2.05) is 11.8 Å². The largest absolute Gasteiger partial charge is 0.356 e. The van der Waals surface area contributed by atoms with Crippen LogP contribution >= 0.6 is 11.8 Å². The number of aromatic nitrogens is 2. The molecule has 0 amide bonds. The summed E-state index contributed by atoms with van der Waals surface area (Å²) in [6.07, 6.45) is 4.30. The van der Waals surface area contributed by atoms with Crippen molar-refractivity contribution in [2.75, 3.05) is 47.5 Å². The van der Waals surface area contributed by atoms with Gasteiger partial charge in [-0.1, -0.05) is 0 Å². The maximum absolute atomic E-state index is 4.41. The Morgan fingerprint density at radius 1 is 0.882 bits per heavy atom. The number of anilines is 2. The van der Waals surface area contributed by atoms with E-state index in [1.54, 1.807) is 6.33 Å². The second-order valence-electron chi connectivity index (χ2n) is 4.53. The van der Waals surface area contributed by atoms with Gasteiger partial charge in [0.05, 0.1) is 0 Å². The van der Waals surface area contributed by atoms with Crippen LogP contribution in [0.2, 0.25) is 0 Å². The molecule has 17 heavy (non-hydrogen) atoms. The molecule has 0 aliphatic carbocycles. The molecule has 0 spiro atoms. The summed E-state index contributed by atoms with van der Waals surface area (Å²) in [7, 11) is 0. The van der Waals surface area contributed by atoms with Crippen LogP contribution in [0.1, 0.15) is 12.8 Å². The van der Waals surface area contributed by atoms with Gasteiger partial charge in [0.2, 0.25) is 0 Å². The molecule has 0 N–H and O–H groups in total. The third-order valence-electron chi connectivity index (χ3n) is 3.40. The summed E-state index contributed by atoms with van der Waals surface area (Å²) in [6, 6.07) is 2.15. The summed E-state index contributed by atoms with van der Waals surface area (Å²) in [6.45, 7) is 4.51. The molecule has 3 heterocycles. The van der Waals surface area contributed by atoms with Gasteiger partial charge in [-0.3, -0.25) is 0 Å². The van der Waals surface area contributed by atoms with Gasteiger partial charge in [-0.2, -0.15) is 11.8 Å². The van der Waals surface area contributed by atoms with E-state index in [0.29, 0.717) is 0 Å². The van der Waals surface area contributed by atoms with E-state index in [2.05, 4.69) is 25.8 Å². The van der Waals surface area contributed by atoms with E-state index in [4.69, 9.17) is 0 Å². The second kappa shape index (κ2) is 5.12. The zero-order valence-electron chi connectivity index (χ0n) is 10.0. The van der Waals surface area contributed by atoms with Crippen LogP contribution in [-0.4, -0.2) is 47.7 Å². The number of thioether (sulfide) groups is 1. The van der Waals surface area contributed by atoms with Gasteiger partial charge in [-0.25, -0.2) is 9.97 Å². The molecule has 0 aromatic carbocycles. The van der Waals surface area contributed by atoms with Crippen molar-refractivity contribution >= 4 is 23.4 Å². The fourth-order valence-corrected chi connectivity index (χ4v) is 3.32. The van der Waals surface area contributed by atoms with Crippen molar-refractivity contribution in [3.63, 3.8) is 0 Å². The normalized spacial score (nSPS) is 20.9. The zero-order valence-corrected chi connectivity index (χ0v) is 10.8. The van der Waals surface area contributed by atoms with Crippen LogP contribution in [0.5, 0.6) is 0 Å². The van der Waals surface area contributed by atoms with Crippen molar-refractivity contribution in [2.24, 2.45) is 0 Å². The molecule has 2 fully saturated rings. The fourth-order valence-electron chi connectivity index (χ4n) is 2.42. The van der Waals surface area contributed by atoms with Crippen molar-refractivity contribution in [3.8, 4) is 0 Å². The molecule has 0 unspecified atom stereocenters. The lowest BCUT2D eigenvalue weighted by molar-refractivity contribution is 0.829. The summed E-state index contributed by atoms with van der Waals surface area (Å²) < 4.78 is 0. The van der Waals surface area contributed by atoms with Crippen molar-refractivity contribution < 1.29 is 0 Å². The van der Waals surface area contributed by atoms with Crippen molar-refractivity contribution in [1.82, 2.24) is 9.97 Å². The minimum Gasteiger partial charge on any atom is -0.356 e. The van der Waals surface area contributed by atoms with Gasteiger partial charge in [-0.05, 0) is 12.8 Å². The first-order valence-corrected chi connectivity index (χ1v) is 7.49. The van der Waals surface area contributed by atoms with E-state index in [1.165, 1.54) is 24.3 Å². The Hall–Kier alpha value is -0.970. The van der Waals surface area contributed by atoms with Crippen molar-refractivity contribution in [1.29, 1.82) is 0 Å². The second-order valence-corrected chi connectivity index (χ2v) is 5.75. The SMILES string of the molecule is c1nc(N2CCCC2)cc(N2CCSCC2)n1. The Bertz CT molecular complexity index is 373. The molecule has 92 valence electrons. The first-order chi connectivity index (χ1) is 8.43. The Morgan fingerprint density at radius 2 is 1.47 bits per heavy atom. The van der Waals surface area contributed by atoms with E-state index in [0.717, 1.165) is 37.8 Å². The molecule has 3 rings (SSSR count). The summed E-state index contributed by atoms with van der Waals surface area (Å²) in [4.78, 5) is 13.6. The topological polar surface area (TPSA) is 32.3 Å². The van der Waals surface area contributed by atoms with E-state index in [9.17, 15) is 0 Å². The average molecular weight is 250 g/mol. The van der Waals surface area contributed by atoms with Crippen LogP contribution < -0.4 is 9.80 Å². The molecule has 0 saturated carbocycles. The van der Waals surface area contributed by atoms with Gasteiger partial charge in [0, 0.05) is 43.8 Å². The maximum Gasteiger partial charge on any atom is 0.134 e. The monoisotopic (exact) mass is 250 g/mol. The van der Waals surface area contributed by atoms with Crippen molar-refractivity contribution in [3.05, 3.63) is 12.4 Å². The zero-order chi connectivity index (χ0) is 11.5. The molecule has 2 saturated heterocycles. The van der Waals surface area contributed by atoms with Crippen LogP contribution in [0.3, 0.4) is 0 Å². The van der Waals surface area contributed by atoms with Crippen molar-refractivity contribution in [2.45, 2.75) is 12.8 Å². The Labute approximate surface area is 106 Å². The number of rotatable bonds is 2. The number of nitrogens with zero attached hydrogens (tertiary/aromatic N) is 4. The predicted octanol–water partition coefficient (Wildman–Crippen LogP) is 1.63. The summed E-state index contributed by atoms with van der Waals surface area (Å²) in [5.74, 6) is 4.62. The molecule has 1 aromatic heterocycles. The summed E-state index contributed by atoms with van der Waals surface area (Å²) >= 11 is 2.03. The van der Waals surface area contributed by atoms with Gasteiger partial charge in [0.1, 0.15) is 18.0 Å². The Balaban J connectivity index is 1.77. The number of hydrogen-bond donors (Lipinski definition) is 0. The highest BCUT2D eigenvalue weighted by Crippen LogP contribution is 2.23. The van der Waals surface area contributed by atoms with Crippen LogP contribution in [-0.2, 0) is 0 Å². The van der Waals surface area contributed by atoms with Gasteiger partial charge in [0.25, 0.3) is 0 Å². The summed E-state index contributed by atoms with van der Waals surface area (Å²) in [5, 5.41) is 0. The summed E-state index contributed by atoms with van der Waals surface area (Å²) in [5.41, 5.74) is 0. The van der Waals surface area contributed by atoms with Crippen LogP contribution in [0.4, 0.5) is 11.6 Å². The average Bonchev–Trinajstić information content (AvgIpc) is 2.94. The van der Waals surface area contributed by atoms with E-state index >= 15 is 0 Å². The predicted molar refractivity (Wildman–Crippen MR) is 73.0 cm³/mol. The minimum absolute atomic E-state index is 1.10. The quantitative estimate of drug-likeness (QED) is 0.796. The molecule has 0 atom stereocenters.